The maximum Gasteiger partial charge on any atom is 0.223 e. The zero-order valence-electron chi connectivity index (χ0n) is 9.36. The number of nitrogens with one attached hydrogen (secondary N) is 1. The smallest absolute Gasteiger partial charge is 0.223 e. The van der Waals surface area contributed by atoms with Crippen molar-refractivity contribution in [2.24, 2.45) is 11.7 Å². The molecule has 0 aliphatic heterocycles. The Kier molecular flexibility index (Phi) is 3.33. The molecule has 1 aromatic rings. The molecule has 0 spiro atoms. The molecule has 86 valence electrons. The van der Waals surface area contributed by atoms with Gasteiger partial charge in [-0.05, 0) is 31.7 Å². The van der Waals surface area contributed by atoms with Crippen LogP contribution >= 0.6 is 12.2 Å². The van der Waals surface area contributed by atoms with Crippen LogP contribution in [0.25, 0.3) is 0 Å². The number of nitrogens with two attached hydrogens (primary N) is 1. The Labute approximate surface area is 101 Å². The SMILES string of the molecule is Cc1cc(C(N)=S)nc(NCC2CCC2)n1. The van der Waals surface area contributed by atoms with Crippen LogP contribution < -0.4 is 11.1 Å². The van der Waals surface area contributed by atoms with E-state index in [1.165, 1.54) is 19.3 Å². The standard InChI is InChI=1S/C11H16N4S/c1-7-5-9(10(12)16)15-11(14-7)13-6-8-3-2-4-8/h5,8H,2-4,6H2,1H3,(H2,12,16)(H,13,14,15). The molecule has 1 aliphatic carbocycles. The topological polar surface area (TPSA) is 63.8 Å². The van der Waals surface area contributed by atoms with E-state index in [0.29, 0.717) is 16.6 Å². The first-order valence-electron chi connectivity index (χ1n) is 5.54. The summed E-state index contributed by atoms with van der Waals surface area (Å²) in [5.74, 6) is 1.41. The lowest BCUT2D eigenvalue weighted by molar-refractivity contribution is 0.333. The minimum atomic E-state index is 0.317. The van der Waals surface area contributed by atoms with E-state index in [0.717, 1.165) is 18.2 Å². The molecule has 16 heavy (non-hydrogen) atoms. The molecule has 1 aromatic heterocycles. The molecule has 1 heterocycles. The molecule has 5 heteroatoms. The average molecular weight is 236 g/mol. The van der Waals surface area contributed by atoms with Crippen LogP contribution in [0.1, 0.15) is 30.7 Å². The van der Waals surface area contributed by atoms with Crippen LogP contribution in [0.3, 0.4) is 0 Å². The predicted molar refractivity (Wildman–Crippen MR) is 68.5 cm³/mol. The van der Waals surface area contributed by atoms with Crippen molar-refractivity contribution in [2.45, 2.75) is 26.2 Å². The van der Waals surface area contributed by atoms with Crippen LogP contribution in [0.5, 0.6) is 0 Å². The molecule has 4 nitrogen and oxygen atoms in total. The number of nitrogens with zero attached hydrogens (tertiary/aromatic N) is 2. The Morgan fingerprint density at radius 2 is 2.31 bits per heavy atom. The third-order valence-corrected chi connectivity index (χ3v) is 3.09. The van der Waals surface area contributed by atoms with Crippen LogP contribution in [0.2, 0.25) is 0 Å². The van der Waals surface area contributed by atoms with Gasteiger partial charge in [-0.2, -0.15) is 0 Å². The van der Waals surface area contributed by atoms with Gasteiger partial charge in [0.25, 0.3) is 0 Å². The summed E-state index contributed by atoms with van der Waals surface area (Å²) in [5.41, 5.74) is 7.08. The summed E-state index contributed by atoms with van der Waals surface area (Å²) in [6.07, 6.45) is 3.96. The van der Waals surface area contributed by atoms with Gasteiger partial charge >= 0.3 is 0 Å². The summed E-state index contributed by atoms with van der Waals surface area (Å²) >= 11 is 4.91. The number of rotatable bonds is 4. The Morgan fingerprint density at radius 3 is 2.88 bits per heavy atom. The number of aryl methyl sites for hydroxylation is 1. The van der Waals surface area contributed by atoms with Gasteiger partial charge in [0.05, 0.1) is 0 Å². The van der Waals surface area contributed by atoms with E-state index in [-0.39, 0.29) is 0 Å². The molecule has 1 aliphatic rings. The quantitative estimate of drug-likeness (QED) is 0.778. The van der Waals surface area contributed by atoms with Gasteiger partial charge in [-0.15, -0.1) is 0 Å². The van der Waals surface area contributed by atoms with Crippen LogP contribution in [0, 0.1) is 12.8 Å². The highest BCUT2D eigenvalue weighted by Gasteiger charge is 2.17. The highest BCUT2D eigenvalue weighted by molar-refractivity contribution is 7.80. The molecule has 3 N–H and O–H groups in total. The molecule has 0 saturated heterocycles. The van der Waals surface area contributed by atoms with Crippen LogP contribution in [-0.4, -0.2) is 21.5 Å². The Bertz CT molecular complexity index is 401. The van der Waals surface area contributed by atoms with Gasteiger partial charge < -0.3 is 11.1 Å². The minimum absolute atomic E-state index is 0.317. The van der Waals surface area contributed by atoms with Crippen molar-refractivity contribution in [1.29, 1.82) is 0 Å². The highest BCUT2D eigenvalue weighted by atomic mass is 32.1. The van der Waals surface area contributed by atoms with E-state index in [1.54, 1.807) is 6.07 Å². The van der Waals surface area contributed by atoms with Gasteiger partial charge in [0.15, 0.2) is 0 Å². The largest absolute Gasteiger partial charge is 0.388 e. The summed E-state index contributed by atoms with van der Waals surface area (Å²) in [6.45, 7) is 2.86. The minimum Gasteiger partial charge on any atom is -0.388 e. The van der Waals surface area contributed by atoms with Crippen molar-refractivity contribution in [2.75, 3.05) is 11.9 Å². The highest BCUT2D eigenvalue weighted by Crippen LogP contribution is 2.26. The van der Waals surface area contributed by atoms with E-state index in [4.69, 9.17) is 18.0 Å². The lowest BCUT2D eigenvalue weighted by Crippen LogP contribution is -2.22. The second-order valence-corrected chi connectivity index (χ2v) is 4.70. The molecule has 0 amide bonds. The molecular formula is C11H16N4S. The summed E-state index contributed by atoms with van der Waals surface area (Å²) in [5, 5.41) is 3.25. The zero-order chi connectivity index (χ0) is 11.5. The second kappa shape index (κ2) is 4.74. The molecule has 0 bridgehead atoms. The zero-order valence-corrected chi connectivity index (χ0v) is 10.2. The fourth-order valence-corrected chi connectivity index (χ4v) is 1.81. The maximum absolute atomic E-state index is 5.56. The number of anilines is 1. The number of thiocarbonyl (C=S) groups is 1. The molecule has 0 aromatic carbocycles. The lowest BCUT2D eigenvalue weighted by atomic mass is 9.85. The molecule has 2 rings (SSSR count). The summed E-state index contributed by atoms with van der Waals surface area (Å²) in [7, 11) is 0. The van der Waals surface area contributed by atoms with Gasteiger partial charge in [0, 0.05) is 12.2 Å². The van der Waals surface area contributed by atoms with E-state index in [9.17, 15) is 0 Å². The van der Waals surface area contributed by atoms with Crippen molar-refractivity contribution in [3.63, 3.8) is 0 Å². The Hall–Kier alpha value is -1.23. The Morgan fingerprint density at radius 1 is 1.56 bits per heavy atom. The van der Waals surface area contributed by atoms with E-state index in [1.807, 2.05) is 6.92 Å². The normalized spacial score (nSPS) is 15.6. The van der Waals surface area contributed by atoms with Crippen LogP contribution in [0.4, 0.5) is 5.95 Å². The molecule has 0 unspecified atom stereocenters. The van der Waals surface area contributed by atoms with Crippen molar-refractivity contribution in [1.82, 2.24) is 9.97 Å². The number of hydrogen-bond acceptors (Lipinski definition) is 4. The molecule has 1 fully saturated rings. The monoisotopic (exact) mass is 236 g/mol. The lowest BCUT2D eigenvalue weighted by Gasteiger charge is -2.25. The molecule has 1 saturated carbocycles. The van der Waals surface area contributed by atoms with Gasteiger partial charge in [-0.3, -0.25) is 0 Å². The van der Waals surface area contributed by atoms with Crippen molar-refractivity contribution in [3.8, 4) is 0 Å². The maximum atomic E-state index is 5.56. The Balaban J connectivity index is 2.04. The summed E-state index contributed by atoms with van der Waals surface area (Å²) in [6, 6.07) is 1.80. The second-order valence-electron chi connectivity index (χ2n) is 4.26. The first-order chi connectivity index (χ1) is 7.65. The van der Waals surface area contributed by atoms with Gasteiger partial charge in [0.1, 0.15) is 10.7 Å². The first kappa shape index (κ1) is 11.3. The molecule has 0 radical (unpaired) electrons. The van der Waals surface area contributed by atoms with E-state index in [2.05, 4.69) is 15.3 Å². The van der Waals surface area contributed by atoms with Crippen LogP contribution in [-0.2, 0) is 0 Å². The number of aromatic nitrogens is 2. The summed E-state index contributed by atoms with van der Waals surface area (Å²) in [4.78, 5) is 8.90. The molecular weight excluding hydrogens is 220 g/mol. The fourth-order valence-electron chi connectivity index (χ4n) is 1.71. The third kappa shape index (κ3) is 2.66. The van der Waals surface area contributed by atoms with Gasteiger partial charge in [-0.1, -0.05) is 18.6 Å². The van der Waals surface area contributed by atoms with E-state index >= 15 is 0 Å². The third-order valence-electron chi connectivity index (χ3n) is 2.88. The van der Waals surface area contributed by atoms with Crippen molar-refractivity contribution < 1.29 is 0 Å². The predicted octanol–water partition coefficient (Wildman–Crippen LogP) is 1.63. The fraction of sp³-hybridized carbons (Fsp3) is 0.545. The number of hydrogen-bond donors (Lipinski definition) is 2. The molecule has 0 atom stereocenters. The van der Waals surface area contributed by atoms with Crippen molar-refractivity contribution >= 4 is 23.2 Å². The van der Waals surface area contributed by atoms with Crippen molar-refractivity contribution in [3.05, 3.63) is 17.5 Å². The van der Waals surface area contributed by atoms with Gasteiger partial charge in [0.2, 0.25) is 5.95 Å². The van der Waals surface area contributed by atoms with E-state index < -0.39 is 0 Å². The average Bonchev–Trinajstić information content (AvgIpc) is 2.14. The van der Waals surface area contributed by atoms with Crippen LogP contribution in [0.15, 0.2) is 6.07 Å². The summed E-state index contributed by atoms with van der Waals surface area (Å²) < 4.78 is 0. The first-order valence-corrected chi connectivity index (χ1v) is 5.95. The van der Waals surface area contributed by atoms with Gasteiger partial charge in [-0.25, -0.2) is 9.97 Å².